The molecule has 1 fully saturated rings. The van der Waals surface area contributed by atoms with Gasteiger partial charge in [-0.1, -0.05) is 23.8 Å². The fourth-order valence-corrected chi connectivity index (χ4v) is 3.21. The van der Waals surface area contributed by atoms with Gasteiger partial charge in [-0.05, 0) is 31.2 Å². The Morgan fingerprint density at radius 2 is 2.29 bits per heavy atom. The average molecular weight is 283 g/mol. The molecule has 1 saturated carbocycles. The molecule has 1 aliphatic rings. The van der Waals surface area contributed by atoms with Crippen molar-refractivity contribution in [3.05, 3.63) is 32.5 Å². The third-order valence-electron chi connectivity index (χ3n) is 2.98. The molecule has 0 atom stereocenters. The summed E-state index contributed by atoms with van der Waals surface area (Å²) >= 11 is 13.1. The summed E-state index contributed by atoms with van der Waals surface area (Å²) in [6.07, 6.45) is 2.41. The number of H-pyrrole nitrogens is 1. The predicted molar refractivity (Wildman–Crippen MR) is 74.5 cm³/mol. The van der Waals surface area contributed by atoms with E-state index in [4.69, 9.17) is 23.8 Å². The number of hydrogen-bond acceptors (Lipinski definition) is 3. The number of halogens is 1. The molecule has 2 nitrogen and oxygen atoms in total. The molecule has 0 saturated heterocycles. The summed E-state index contributed by atoms with van der Waals surface area (Å²) in [5, 5.41) is 2.77. The van der Waals surface area contributed by atoms with Gasteiger partial charge in [-0.15, -0.1) is 11.3 Å². The van der Waals surface area contributed by atoms with Crippen LogP contribution < -0.4 is 0 Å². The normalized spacial score (nSPS) is 15.2. The quantitative estimate of drug-likeness (QED) is 0.808. The number of nitrogens with zero attached hydrogens (tertiary/aromatic N) is 1. The van der Waals surface area contributed by atoms with Crippen LogP contribution in [0.3, 0.4) is 0 Å². The summed E-state index contributed by atoms with van der Waals surface area (Å²) in [5.74, 6) is 1.58. The molecular weight excluding hydrogens is 272 g/mol. The Kier molecular flexibility index (Phi) is 2.81. The largest absolute Gasteiger partial charge is 0.342 e. The molecule has 17 heavy (non-hydrogen) atoms. The first-order valence-electron chi connectivity index (χ1n) is 5.51. The first-order chi connectivity index (χ1) is 8.16. The SMILES string of the molecule is Cc1c(-c2sccc2Cl)[nH]c(C2CC2)nc1=S. The molecule has 2 aromatic heterocycles. The van der Waals surface area contributed by atoms with Crippen LogP contribution in [0, 0.1) is 11.6 Å². The van der Waals surface area contributed by atoms with Gasteiger partial charge in [-0.2, -0.15) is 0 Å². The Bertz CT molecular complexity index is 626. The van der Waals surface area contributed by atoms with Crippen molar-refractivity contribution in [1.29, 1.82) is 0 Å². The third-order valence-corrected chi connectivity index (χ3v) is 4.74. The minimum Gasteiger partial charge on any atom is -0.342 e. The van der Waals surface area contributed by atoms with Gasteiger partial charge in [0.1, 0.15) is 10.5 Å². The van der Waals surface area contributed by atoms with Crippen molar-refractivity contribution in [2.75, 3.05) is 0 Å². The lowest BCUT2D eigenvalue weighted by molar-refractivity contribution is 0.915. The molecule has 2 aromatic rings. The molecule has 0 amide bonds. The van der Waals surface area contributed by atoms with E-state index < -0.39 is 0 Å². The first kappa shape index (κ1) is 11.4. The summed E-state index contributed by atoms with van der Waals surface area (Å²) in [6.45, 7) is 1.99. The van der Waals surface area contributed by atoms with Gasteiger partial charge >= 0.3 is 0 Å². The smallest absolute Gasteiger partial charge is 0.133 e. The minimum absolute atomic E-state index is 0.565. The van der Waals surface area contributed by atoms with Gasteiger partial charge in [0.15, 0.2) is 0 Å². The summed E-state index contributed by atoms with van der Waals surface area (Å²) in [7, 11) is 0. The molecule has 2 heterocycles. The molecule has 0 aliphatic heterocycles. The summed E-state index contributed by atoms with van der Waals surface area (Å²) in [5.41, 5.74) is 2.04. The topological polar surface area (TPSA) is 28.7 Å². The summed E-state index contributed by atoms with van der Waals surface area (Å²) < 4.78 is 0.685. The second-order valence-electron chi connectivity index (χ2n) is 4.30. The zero-order valence-corrected chi connectivity index (χ0v) is 11.7. The molecule has 0 unspecified atom stereocenters. The van der Waals surface area contributed by atoms with Crippen molar-refractivity contribution in [2.45, 2.75) is 25.7 Å². The second kappa shape index (κ2) is 4.19. The zero-order valence-electron chi connectivity index (χ0n) is 9.29. The lowest BCUT2D eigenvalue weighted by atomic mass is 10.2. The fraction of sp³-hybridized carbons (Fsp3) is 0.333. The van der Waals surface area contributed by atoms with E-state index in [1.807, 2.05) is 18.4 Å². The molecule has 0 radical (unpaired) electrons. The van der Waals surface area contributed by atoms with Gasteiger partial charge in [0, 0.05) is 11.5 Å². The number of thiophene rings is 1. The van der Waals surface area contributed by atoms with Gasteiger partial charge in [-0.25, -0.2) is 4.98 Å². The van der Waals surface area contributed by atoms with Crippen molar-refractivity contribution in [2.24, 2.45) is 0 Å². The van der Waals surface area contributed by atoms with Crippen molar-refractivity contribution in [3.8, 4) is 10.6 Å². The van der Waals surface area contributed by atoms with Crippen LogP contribution in [-0.4, -0.2) is 9.97 Å². The van der Waals surface area contributed by atoms with E-state index in [0.29, 0.717) is 10.6 Å². The van der Waals surface area contributed by atoms with Gasteiger partial charge in [0.2, 0.25) is 0 Å². The molecule has 5 heteroatoms. The van der Waals surface area contributed by atoms with Crippen LogP contribution in [-0.2, 0) is 0 Å². The maximum absolute atomic E-state index is 6.18. The highest BCUT2D eigenvalue weighted by Crippen LogP contribution is 2.40. The second-order valence-corrected chi connectivity index (χ2v) is 6.01. The van der Waals surface area contributed by atoms with Crippen LogP contribution in [0.4, 0.5) is 0 Å². The lowest BCUT2D eigenvalue weighted by Crippen LogP contribution is -1.98. The van der Waals surface area contributed by atoms with E-state index in [0.717, 1.165) is 27.0 Å². The molecular formula is C12H11ClN2S2. The van der Waals surface area contributed by atoms with E-state index in [2.05, 4.69) is 9.97 Å². The Labute approximate surface area is 114 Å². The summed E-state index contributed by atoms with van der Waals surface area (Å²) in [6, 6.07) is 1.91. The van der Waals surface area contributed by atoms with Crippen LogP contribution in [0.5, 0.6) is 0 Å². The Morgan fingerprint density at radius 3 is 2.88 bits per heavy atom. The third kappa shape index (κ3) is 2.05. The van der Waals surface area contributed by atoms with E-state index in [9.17, 15) is 0 Å². The number of aromatic nitrogens is 2. The number of aromatic amines is 1. The fourth-order valence-electron chi connectivity index (χ4n) is 1.80. The zero-order chi connectivity index (χ0) is 12.0. The summed E-state index contributed by atoms with van der Waals surface area (Å²) in [4.78, 5) is 8.92. The molecule has 3 rings (SSSR count). The van der Waals surface area contributed by atoms with Gasteiger partial charge in [-0.3, -0.25) is 0 Å². The van der Waals surface area contributed by atoms with Crippen molar-refractivity contribution < 1.29 is 0 Å². The Morgan fingerprint density at radius 1 is 1.53 bits per heavy atom. The number of nitrogens with one attached hydrogen (secondary N) is 1. The monoisotopic (exact) mass is 282 g/mol. The Hall–Kier alpha value is -0.710. The highest BCUT2D eigenvalue weighted by Gasteiger charge is 2.27. The lowest BCUT2D eigenvalue weighted by Gasteiger charge is -2.08. The molecule has 0 spiro atoms. The molecule has 88 valence electrons. The van der Waals surface area contributed by atoms with Gasteiger partial charge in [0.25, 0.3) is 0 Å². The first-order valence-corrected chi connectivity index (χ1v) is 7.17. The van der Waals surface area contributed by atoms with Crippen LogP contribution in [0.15, 0.2) is 11.4 Å². The molecule has 1 aliphatic carbocycles. The molecule has 1 N–H and O–H groups in total. The maximum Gasteiger partial charge on any atom is 0.133 e. The number of rotatable bonds is 2. The number of hydrogen-bond donors (Lipinski definition) is 1. The van der Waals surface area contributed by atoms with Crippen molar-refractivity contribution in [1.82, 2.24) is 9.97 Å². The van der Waals surface area contributed by atoms with Crippen LogP contribution in [0.1, 0.15) is 30.1 Å². The van der Waals surface area contributed by atoms with E-state index in [1.165, 1.54) is 12.8 Å². The predicted octanol–water partition coefficient (Wildman–Crippen LogP) is 4.71. The standard InChI is InChI=1S/C12H11ClN2S2/c1-6-9(10-8(13)4-5-17-10)14-11(7-2-3-7)15-12(6)16/h4-5,7H,2-3H2,1H3,(H,14,15,16). The van der Waals surface area contributed by atoms with Crippen LogP contribution >= 0.6 is 35.2 Å². The van der Waals surface area contributed by atoms with Crippen LogP contribution in [0.2, 0.25) is 5.02 Å². The average Bonchev–Trinajstić information content (AvgIpc) is 3.06. The molecule has 0 bridgehead atoms. The molecule has 0 aromatic carbocycles. The Balaban J connectivity index is 2.21. The maximum atomic E-state index is 6.18. The van der Waals surface area contributed by atoms with Gasteiger partial charge in [0.05, 0.1) is 15.6 Å². The van der Waals surface area contributed by atoms with Crippen molar-refractivity contribution >= 4 is 35.2 Å². The van der Waals surface area contributed by atoms with E-state index >= 15 is 0 Å². The van der Waals surface area contributed by atoms with E-state index in [1.54, 1.807) is 11.3 Å². The van der Waals surface area contributed by atoms with Crippen LogP contribution in [0.25, 0.3) is 10.6 Å². The highest BCUT2D eigenvalue weighted by molar-refractivity contribution is 7.71. The van der Waals surface area contributed by atoms with Gasteiger partial charge < -0.3 is 4.98 Å². The highest BCUT2D eigenvalue weighted by atomic mass is 35.5. The van der Waals surface area contributed by atoms with Crippen molar-refractivity contribution in [3.63, 3.8) is 0 Å². The minimum atomic E-state index is 0.565. The van der Waals surface area contributed by atoms with E-state index in [-0.39, 0.29) is 0 Å².